The topological polar surface area (TPSA) is 90.0 Å². The summed E-state index contributed by atoms with van der Waals surface area (Å²) in [7, 11) is -3.60. The minimum Gasteiger partial charge on any atom is -0.459 e. The largest absolute Gasteiger partial charge is 0.459 e. The second-order valence-corrected chi connectivity index (χ2v) is 14.4. The highest BCUT2D eigenvalue weighted by Gasteiger charge is 2.67. The Bertz CT molecular complexity index is 931. The van der Waals surface area contributed by atoms with Crippen LogP contribution >= 0.6 is 0 Å². The third-order valence-electron chi connectivity index (χ3n) is 10.2. The van der Waals surface area contributed by atoms with Gasteiger partial charge in [-0.3, -0.25) is 4.79 Å². The number of sulfonamides is 1. The smallest absolute Gasteiger partial charge is 0.348 e. The molecule has 0 aromatic carbocycles. The molecule has 0 aromatic rings. The summed E-state index contributed by atoms with van der Waals surface area (Å²) in [5, 5.41) is 0. The molecule has 4 rings (SSSR count). The van der Waals surface area contributed by atoms with Crippen molar-refractivity contribution in [2.45, 2.75) is 135 Å². The van der Waals surface area contributed by atoms with Crippen molar-refractivity contribution in [2.75, 3.05) is 5.75 Å². The Morgan fingerprint density at radius 2 is 1.57 bits per heavy atom. The van der Waals surface area contributed by atoms with Crippen LogP contribution < -0.4 is 0 Å². The van der Waals surface area contributed by atoms with Crippen molar-refractivity contribution in [1.29, 1.82) is 0 Å². The number of fused-ring (bicyclic) bond motifs is 2. The third kappa shape index (κ3) is 5.66. The van der Waals surface area contributed by atoms with Crippen molar-refractivity contribution >= 4 is 22.0 Å². The van der Waals surface area contributed by atoms with Gasteiger partial charge in [0.1, 0.15) is 6.10 Å². The monoisotopic (exact) mass is 537 g/mol. The molecule has 8 heteroatoms. The summed E-state index contributed by atoms with van der Waals surface area (Å²) in [4.78, 5) is 24.7. The number of rotatable bonds is 10. The Hall–Kier alpha value is -1.41. The summed E-state index contributed by atoms with van der Waals surface area (Å²) in [6.07, 6.45) is 13.0. The predicted octanol–water partition coefficient (Wildman–Crippen LogP) is 5.53. The van der Waals surface area contributed by atoms with Crippen LogP contribution in [0.2, 0.25) is 0 Å². The van der Waals surface area contributed by atoms with Crippen LogP contribution in [0.1, 0.15) is 111 Å². The van der Waals surface area contributed by atoms with Gasteiger partial charge in [0.05, 0.1) is 5.75 Å². The average molecular weight is 538 g/mol. The molecule has 37 heavy (non-hydrogen) atoms. The molecular formula is C29H47NO6S. The van der Waals surface area contributed by atoms with Gasteiger partial charge < -0.3 is 9.47 Å². The lowest BCUT2D eigenvalue weighted by atomic mass is 9.69. The quantitative estimate of drug-likeness (QED) is 0.269. The first-order chi connectivity index (χ1) is 17.5. The molecule has 210 valence electrons. The number of hydrogen-bond donors (Lipinski definition) is 0. The number of carbonyl (C=O) groups is 2. The highest BCUT2D eigenvalue weighted by atomic mass is 32.2. The normalized spacial score (nSPS) is 31.2. The van der Waals surface area contributed by atoms with E-state index in [4.69, 9.17) is 9.47 Å². The Balaban J connectivity index is 1.62. The van der Waals surface area contributed by atoms with Gasteiger partial charge in [-0.15, -0.1) is 6.58 Å². The van der Waals surface area contributed by atoms with E-state index in [0.717, 1.165) is 64.2 Å². The fourth-order valence-electron chi connectivity index (χ4n) is 8.09. The summed E-state index contributed by atoms with van der Waals surface area (Å²) >= 11 is 0. The predicted molar refractivity (Wildman–Crippen MR) is 143 cm³/mol. The zero-order valence-electron chi connectivity index (χ0n) is 23.1. The van der Waals surface area contributed by atoms with E-state index in [-0.39, 0.29) is 29.7 Å². The maximum atomic E-state index is 14.5. The minimum atomic E-state index is -3.60. The van der Waals surface area contributed by atoms with Gasteiger partial charge in [-0.05, 0) is 56.3 Å². The van der Waals surface area contributed by atoms with E-state index < -0.39 is 39.6 Å². The van der Waals surface area contributed by atoms with Crippen molar-refractivity contribution < 1.29 is 27.5 Å². The number of esters is 2. The van der Waals surface area contributed by atoms with Crippen molar-refractivity contribution in [1.82, 2.24) is 4.31 Å². The second kappa shape index (κ2) is 11.4. The van der Waals surface area contributed by atoms with Gasteiger partial charge in [-0.25, -0.2) is 13.2 Å². The molecule has 0 saturated heterocycles. The minimum absolute atomic E-state index is 0.0220. The Labute approximate surface area is 223 Å². The lowest BCUT2D eigenvalue weighted by Crippen LogP contribution is -2.55. The van der Waals surface area contributed by atoms with Crippen molar-refractivity contribution in [3.05, 3.63) is 12.7 Å². The lowest BCUT2D eigenvalue weighted by molar-refractivity contribution is -0.175. The molecule has 0 aromatic heterocycles. The molecule has 0 amide bonds. The van der Waals surface area contributed by atoms with E-state index in [9.17, 15) is 18.0 Å². The van der Waals surface area contributed by atoms with Gasteiger partial charge in [-0.2, -0.15) is 4.31 Å². The molecular weight excluding hydrogens is 490 g/mol. The first-order valence-electron chi connectivity index (χ1n) is 14.5. The third-order valence-corrected chi connectivity index (χ3v) is 12.3. The second-order valence-electron chi connectivity index (χ2n) is 12.6. The Kier molecular flexibility index (Phi) is 8.79. The van der Waals surface area contributed by atoms with Crippen LogP contribution in [0.25, 0.3) is 0 Å². The molecule has 0 N–H and O–H groups in total. The molecule has 0 heterocycles. The molecule has 7 nitrogen and oxygen atoms in total. The molecule has 0 radical (unpaired) electrons. The molecule has 0 aliphatic heterocycles. The molecule has 4 atom stereocenters. The maximum absolute atomic E-state index is 14.5. The maximum Gasteiger partial charge on any atom is 0.348 e. The molecule has 4 aliphatic carbocycles. The van der Waals surface area contributed by atoms with Crippen molar-refractivity contribution in [3.63, 3.8) is 0 Å². The Morgan fingerprint density at radius 3 is 2.05 bits per heavy atom. The highest BCUT2D eigenvalue weighted by Crippen LogP contribution is 2.67. The van der Waals surface area contributed by atoms with Crippen molar-refractivity contribution in [3.8, 4) is 0 Å². The van der Waals surface area contributed by atoms with Crippen LogP contribution in [-0.2, 0) is 29.1 Å². The lowest BCUT2D eigenvalue weighted by Gasteiger charge is -2.46. The fraction of sp³-hybridized carbons (Fsp3) is 0.862. The van der Waals surface area contributed by atoms with Gasteiger partial charge in [0, 0.05) is 30.8 Å². The summed E-state index contributed by atoms with van der Waals surface area (Å²) in [5.41, 5.74) is -0.923. The standard InChI is InChI=1S/C29H47NO6S/c1-5-12-25(35-21(2)31)27(32)36-26-19-22-17-18-29(26,28(22,3)4)20-37(33,34)30(23-13-8-6-9-14-23)24-15-10-7-11-16-24/h5,22-26H,1,6-20H2,2-4H3. The van der Waals surface area contributed by atoms with E-state index >= 15 is 0 Å². The van der Waals surface area contributed by atoms with Crippen LogP contribution in [0.15, 0.2) is 12.7 Å². The Morgan fingerprint density at radius 1 is 1.00 bits per heavy atom. The molecule has 4 fully saturated rings. The molecule has 4 aliphatic rings. The number of hydrogen-bond acceptors (Lipinski definition) is 6. The summed E-state index contributed by atoms with van der Waals surface area (Å²) in [6.45, 7) is 9.26. The highest BCUT2D eigenvalue weighted by molar-refractivity contribution is 7.89. The first-order valence-corrected chi connectivity index (χ1v) is 16.1. The molecule has 2 bridgehead atoms. The summed E-state index contributed by atoms with van der Waals surface area (Å²) < 4.78 is 42.2. The van der Waals surface area contributed by atoms with Crippen LogP contribution in [0.4, 0.5) is 0 Å². The summed E-state index contributed by atoms with van der Waals surface area (Å²) in [5.74, 6) is -0.833. The zero-order chi connectivity index (χ0) is 26.8. The van der Waals surface area contributed by atoms with E-state index in [1.165, 1.54) is 25.8 Å². The number of nitrogens with zero attached hydrogens (tertiary/aromatic N) is 1. The molecule has 4 unspecified atom stereocenters. The van der Waals surface area contributed by atoms with Crippen molar-refractivity contribution in [2.24, 2.45) is 16.7 Å². The zero-order valence-corrected chi connectivity index (χ0v) is 23.9. The van der Waals surface area contributed by atoms with Gasteiger partial charge >= 0.3 is 11.9 Å². The summed E-state index contributed by atoms with van der Waals surface area (Å²) in [6, 6.07) is 0.170. The van der Waals surface area contributed by atoms with Crippen LogP contribution in [-0.4, -0.2) is 54.7 Å². The number of ether oxygens (including phenoxy) is 2. The van der Waals surface area contributed by atoms with Crippen LogP contribution in [0.3, 0.4) is 0 Å². The van der Waals surface area contributed by atoms with Gasteiger partial charge in [-0.1, -0.05) is 58.4 Å². The van der Waals surface area contributed by atoms with Gasteiger partial charge in [0.15, 0.2) is 0 Å². The molecule has 4 saturated carbocycles. The fourth-order valence-corrected chi connectivity index (χ4v) is 10.9. The van der Waals surface area contributed by atoms with Gasteiger partial charge in [0.2, 0.25) is 16.1 Å². The SMILES string of the molecule is C=CCC(OC(C)=O)C(=O)OC1CC2CCC1(CS(=O)(=O)N(C1CCCCC1)C1CCCCC1)C2(C)C. The van der Waals surface area contributed by atoms with E-state index in [0.29, 0.717) is 12.3 Å². The molecule has 0 spiro atoms. The van der Waals surface area contributed by atoms with Crippen LogP contribution in [0.5, 0.6) is 0 Å². The number of carbonyl (C=O) groups excluding carboxylic acids is 2. The van der Waals surface area contributed by atoms with Crippen LogP contribution in [0, 0.1) is 16.7 Å². The van der Waals surface area contributed by atoms with Gasteiger partial charge in [0.25, 0.3) is 0 Å². The van der Waals surface area contributed by atoms with E-state index in [1.54, 1.807) is 0 Å². The average Bonchev–Trinajstić information content (AvgIpc) is 3.19. The van der Waals surface area contributed by atoms with E-state index in [2.05, 4.69) is 20.4 Å². The first kappa shape index (κ1) is 28.6. The van der Waals surface area contributed by atoms with E-state index in [1.807, 2.05) is 4.31 Å².